The van der Waals surface area contributed by atoms with E-state index in [0.717, 1.165) is 5.56 Å². The Balaban J connectivity index is 1.15. The average Bonchev–Trinajstić information content (AvgIpc) is 3.65. The molecule has 19 heteroatoms. The molecule has 0 radical (unpaired) electrons. The number of para-hydroxylation sites is 1. The molecular formula is C50H38Cl3FN4O10S. The standard InChI is InChI=1S/C50H38Cl3FN4O10S/c1-28-7-14-36(15-8-28)69(61,62)66-27-35-26-64-34-13-16-40(65-25-33-17-18-55-48(57-33)37-5-3-4-6-41(37)63-2)30(21-34)24-42(50(59)60)68-49-45-43(31-22-38(51)46(67-35)39(52)23-31)44(29-9-11-32(54)12-10-29)47(53)58(45)20-19-56-49/h3-23,35,42H,24-27H2,1-2H3,(H,59,60)/t35-,42+/m0/s1. The minimum absolute atomic E-state index is 0.00832. The first-order valence-corrected chi connectivity index (χ1v) is 23.6. The van der Waals surface area contributed by atoms with Crippen LogP contribution >= 0.6 is 34.8 Å². The lowest BCUT2D eigenvalue weighted by molar-refractivity contribution is -0.145. The molecular weight excluding hydrogens is 974 g/mol. The summed E-state index contributed by atoms with van der Waals surface area (Å²) in [5.41, 5.74) is 4.19. The van der Waals surface area contributed by atoms with Crippen molar-refractivity contribution in [2.45, 2.75) is 37.1 Å². The third kappa shape index (κ3) is 10.1. The molecule has 69 heavy (non-hydrogen) atoms. The molecule has 0 unspecified atom stereocenters. The molecule has 10 rings (SSSR count). The number of halogens is 4. The zero-order valence-electron chi connectivity index (χ0n) is 36.4. The van der Waals surface area contributed by atoms with Crippen molar-refractivity contribution < 1.29 is 50.6 Å². The van der Waals surface area contributed by atoms with Crippen LogP contribution in [-0.2, 0) is 32.1 Å². The lowest BCUT2D eigenvalue weighted by atomic mass is 9.97. The predicted octanol–water partition coefficient (Wildman–Crippen LogP) is 10.7. The zero-order valence-corrected chi connectivity index (χ0v) is 39.5. The van der Waals surface area contributed by atoms with E-state index in [-0.39, 0.29) is 68.4 Å². The Hall–Kier alpha value is -6.95. The van der Waals surface area contributed by atoms with Gasteiger partial charge < -0.3 is 33.2 Å². The van der Waals surface area contributed by atoms with Gasteiger partial charge in [0.05, 0.1) is 33.3 Å². The van der Waals surface area contributed by atoms with Gasteiger partial charge >= 0.3 is 5.97 Å². The van der Waals surface area contributed by atoms with Crippen molar-refractivity contribution in [1.82, 2.24) is 19.4 Å². The topological polar surface area (TPSA) is 170 Å². The van der Waals surface area contributed by atoms with Crippen LogP contribution in [0, 0.1) is 12.7 Å². The van der Waals surface area contributed by atoms with Crippen molar-refractivity contribution in [2.24, 2.45) is 0 Å². The van der Waals surface area contributed by atoms with Crippen LogP contribution in [0.3, 0.4) is 0 Å². The van der Waals surface area contributed by atoms with Gasteiger partial charge in [-0.1, -0.05) is 76.8 Å². The van der Waals surface area contributed by atoms with Crippen LogP contribution in [0.1, 0.15) is 16.8 Å². The molecule has 4 bridgehead atoms. The maximum atomic E-state index is 14.3. The van der Waals surface area contributed by atoms with Gasteiger partial charge in [-0.05, 0) is 90.8 Å². The van der Waals surface area contributed by atoms with Gasteiger partial charge in [0.25, 0.3) is 10.1 Å². The number of benzene rings is 5. The Bertz CT molecular complexity index is 3320. The summed E-state index contributed by atoms with van der Waals surface area (Å²) in [4.78, 5) is 26.8. The second-order valence-corrected chi connectivity index (χ2v) is 18.4. The largest absolute Gasteiger partial charge is 0.496 e. The van der Waals surface area contributed by atoms with Crippen molar-refractivity contribution in [3.05, 3.63) is 166 Å². The van der Waals surface area contributed by atoms with Gasteiger partial charge in [0.2, 0.25) is 12.0 Å². The van der Waals surface area contributed by atoms with Crippen molar-refractivity contribution >= 4 is 56.4 Å². The van der Waals surface area contributed by atoms with Gasteiger partial charge in [-0.3, -0.25) is 4.18 Å². The van der Waals surface area contributed by atoms with Gasteiger partial charge in [0.15, 0.2) is 17.7 Å². The van der Waals surface area contributed by atoms with Crippen molar-refractivity contribution in [3.63, 3.8) is 0 Å². The molecule has 0 saturated heterocycles. The van der Waals surface area contributed by atoms with Crippen LogP contribution in [0.5, 0.6) is 28.9 Å². The van der Waals surface area contributed by atoms with E-state index in [1.54, 1.807) is 66.4 Å². The highest BCUT2D eigenvalue weighted by molar-refractivity contribution is 7.86. The van der Waals surface area contributed by atoms with Crippen molar-refractivity contribution in [2.75, 3.05) is 20.3 Å². The van der Waals surface area contributed by atoms with Crippen LogP contribution < -0.4 is 23.7 Å². The van der Waals surface area contributed by atoms with Gasteiger partial charge in [-0.2, -0.15) is 8.42 Å². The number of aliphatic carboxylic acids is 1. The Morgan fingerprint density at radius 1 is 0.870 bits per heavy atom. The van der Waals surface area contributed by atoms with E-state index >= 15 is 0 Å². The number of aromatic nitrogens is 4. The number of hydrogen-bond acceptors (Lipinski definition) is 12. The summed E-state index contributed by atoms with van der Waals surface area (Å²) in [6, 6.07) is 28.6. The first-order chi connectivity index (χ1) is 33.3. The molecule has 5 heterocycles. The summed E-state index contributed by atoms with van der Waals surface area (Å²) in [6.45, 7) is 0.901. The first-order valence-electron chi connectivity index (χ1n) is 21.1. The van der Waals surface area contributed by atoms with E-state index in [9.17, 15) is 22.7 Å². The highest BCUT2D eigenvalue weighted by atomic mass is 35.5. The van der Waals surface area contributed by atoms with Crippen molar-refractivity contribution in [1.29, 1.82) is 0 Å². The maximum Gasteiger partial charge on any atom is 0.345 e. The van der Waals surface area contributed by atoms with Crippen LogP contribution in [0.2, 0.25) is 15.2 Å². The molecule has 2 atom stereocenters. The molecule has 352 valence electrons. The van der Waals surface area contributed by atoms with E-state index in [1.165, 1.54) is 54.7 Å². The highest BCUT2D eigenvalue weighted by Gasteiger charge is 2.31. The summed E-state index contributed by atoms with van der Waals surface area (Å²) < 4.78 is 79.1. The molecule has 2 aliphatic rings. The maximum absolute atomic E-state index is 14.3. The minimum Gasteiger partial charge on any atom is -0.496 e. The summed E-state index contributed by atoms with van der Waals surface area (Å²) in [7, 11) is -2.73. The minimum atomic E-state index is -4.29. The third-order valence-electron chi connectivity index (χ3n) is 11.0. The summed E-state index contributed by atoms with van der Waals surface area (Å²) >= 11 is 21.1. The summed E-state index contributed by atoms with van der Waals surface area (Å²) in [6.07, 6.45) is 1.50. The van der Waals surface area contributed by atoms with Crippen LogP contribution in [0.4, 0.5) is 4.39 Å². The number of fused-ring (bicyclic) bond motifs is 7. The van der Waals surface area contributed by atoms with E-state index < -0.39 is 40.7 Å². The molecule has 2 aliphatic heterocycles. The first kappa shape index (κ1) is 47.1. The predicted molar refractivity (Wildman–Crippen MR) is 256 cm³/mol. The third-order valence-corrected chi connectivity index (χ3v) is 13.2. The fourth-order valence-corrected chi connectivity index (χ4v) is 9.52. The molecule has 0 fully saturated rings. The van der Waals surface area contributed by atoms with Gasteiger partial charge in [-0.15, -0.1) is 0 Å². The Labute approximate surface area is 409 Å². The normalized spacial score (nSPS) is 14.9. The van der Waals surface area contributed by atoms with E-state index in [0.29, 0.717) is 50.6 Å². The second-order valence-electron chi connectivity index (χ2n) is 15.6. The van der Waals surface area contributed by atoms with E-state index in [1.807, 2.05) is 25.1 Å². The Morgan fingerprint density at radius 2 is 1.62 bits per heavy atom. The van der Waals surface area contributed by atoms with Gasteiger partial charge in [0, 0.05) is 41.7 Å². The number of nitrogens with zero attached hydrogens (tertiary/aromatic N) is 4. The fourth-order valence-electron chi connectivity index (χ4n) is 7.66. The van der Waals surface area contributed by atoms with Crippen molar-refractivity contribution in [3.8, 4) is 62.5 Å². The molecule has 3 aromatic heterocycles. The Morgan fingerprint density at radius 3 is 2.36 bits per heavy atom. The zero-order chi connectivity index (χ0) is 48.4. The number of aryl methyl sites for hydroxylation is 1. The average molecular weight is 1010 g/mol. The highest BCUT2D eigenvalue weighted by Crippen LogP contribution is 2.48. The molecule has 14 nitrogen and oxygen atoms in total. The molecule has 5 aromatic carbocycles. The second kappa shape index (κ2) is 19.9. The van der Waals surface area contributed by atoms with Crippen LogP contribution in [0.15, 0.2) is 133 Å². The van der Waals surface area contributed by atoms with Gasteiger partial charge in [0.1, 0.15) is 53.6 Å². The summed E-state index contributed by atoms with van der Waals surface area (Å²) in [5, 5.41) is 10.9. The number of carbonyl (C=O) groups is 1. The molecule has 0 amide bonds. The number of ether oxygens (including phenoxy) is 5. The molecule has 1 N–H and O–H groups in total. The lowest BCUT2D eigenvalue weighted by Gasteiger charge is -2.22. The molecule has 0 aliphatic carbocycles. The Kier molecular flexibility index (Phi) is 13.6. The number of carboxylic acids is 1. The number of methoxy groups -OCH3 is 1. The number of hydrogen-bond donors (Lipinski definition) is 1. The summed E-state index contributed by atoms with van der Waals surface area (Å²) in [5.74, 6) is -0.524. The number of carboxylic acid groups (broad SMARTS) is 1. The monoisotopic (exact) mass is 1010 g/mol. The van der Waals surface area contributed by atoms with E-state index in [4.69, 9.17) is 67.7 Å². The SMILES string of the molecule is COc1ccccc1-c1nccc(COc2ccc3cc2C[C@H](C(=O)O)Oc2nccn4c(Cl)c(-c5ccc(F)cc5)c(c24)-c2cc(Cl)c(c(Cl)c2)O[C@H](COS(=O)(=O)c2ccc(C)cc2)CO3)n1. The lowest BCUT2D eigenvalue weighted by Crippen LogP contribution is -2.31. The molecule has 8 aromatic rings. The van der Waals surface area contributed by atoms with E-state index in [2.05, 4.69) is 9.97 Å². The van der Waals surface area contributed by atoms with Crippen LogP contribution in [0.25, 0.3) is 39.2 Å². The fraction of sp³-hybridized carbons (Fsp3) is 0.160. The molecule has 0 spiro atoms. The van der Waals surface area contributed by atoms with Gasteiger partial charge in [-0.25, -0.2) is 24.1 Å². The number of rotatable bonds is 11. The smallest absolute Gasteiger partial charge is 0.345 e. The quantitative estimate of drug-likeness (QED) is 0.122. The van der Waals surface area contributed by atoms with Crippen LogP contribution in [-0.4, -0.2) is 71.4 Å². The molecule has 0 saturated carbocycles.